The molecule has 0 aliphatic heterocycles. The number of amides is 1. The maximum atomic E-state index is 12.0. The number of aromatic hydroxyl groups is 3. The van der Waals surface area contributed by atoms with Crippen molar-refractivity contribution in [3.8, 4) is 17.2 Å². The monoisotopic (exact) mass is 259 g/mol. The van der Waals surface area contributed by atoms with Crippen molar-refractivity contribution in [2.75, 3.05) is 5.32 Å². The highest BCUT2D eigenvalue weighted by atomic mass is 16.3. The van der Waals surface area contributed by atoms with E-state index in [1.807, 2.05) is 0 Å². The first-order valence-electron chi connectivity index (χ1n) is 5.61. The normalized spacial score (nSPS) is 10.2. The van der Waals surface area contributed by atoms with E-state index < -0.39 is 11.7 Å². The van der Waals surface area contributed by atoms with E-state index >= 15 is 0 Å². The Morgan fingerprint density at radius 3 is 2.37 bits per heavy atom. The molecule has 5 heteroatoms. The van der Waals surface area contributed by atoms with E-state index in [0.29, 0.717) is 11.3 Å². The predicted octanol–water partition coefficient (Wildman–Crippen LogP) is 2.36. The van der Waals surface area contributed by atoms with Gasteiger partial charge in [-0.3, -0.25) is 4.79 Å². The van der Waals surface area contributed by atoms with Crippen LogP contribution in [0.1, 0.15) is 15.9 Å². The highest BCUT2D eigenvalue weighted by Gasteiger charge is 2.15. The van der Waals surface area contributed by atoms with Gasteiger partial charge in [0.25, 0.3) is 5.91 Å². The van der Waals surface area contributed by atoms with Crippen LogP contribution in [0.5, 0.6) is 17.2 Å². The summed E-state index contributed by atoms with van der Waals surface area (Å²) in [5.41, 5.74) is 0.922. The van der Waals surface area contributed by atoms with Crippen LogP contribution in [0.2, 0.25) is 0 Å². The fourth-order valence-corrected chi connectivity index (χ4v) is 1.66. The van der Waals surface area contributed by atoms with Gasteiger partial charge in [0.2, 0.25) is 0 Å². The van der Waals surface area contributed by atoms with Crippen LogP contribution >= 0.6 is 0 Å². The van der Waals surface area contributed by atoms with E-state index in [4.69, 9.17) is 0 Å². The van der Waals surface area contributed by atoms with E-state index in [1.54, 1.807) is 19.1 Å². The number of benzene rings is 2. The summed E-state index contributed by atoms with van der Waals surface area (Å²) in [6.07, 6.45) is 0. The Hall–Kier alpha value is -2.69. The number of rotatable bonds is 2. The first-order valence-corrected chi connectivity index (χ1v) is 5.61. The Kier molecular flexibility index (Phi) is 3.29. The van der Waals surface area contributed by atoms with Gasteiger partial charge in [0.05, 0.1) is 5.56 Å². The zero-order valence-electron chi connectivity index (χ0n) is 10.2. The summed E-state index contributed by atoms with van der Waals surface area (Å²) in [5.74, 6) is -1.34. The minimum absolute atomic E-state index is 0.0391. The Morgan fingerprint density at radius 2 is 1.63 bits per heavy atom. The molecule has 0 saturated heterocycles. The van der Waals surface area contributed by atoms with Crippen molar-refractivity contribution in [2.24, 2.45) is 0 Å². The summed E-state index contributed by atoms with van der Waals surface area (Å²) in [6, 6.07) is 8.87. The van der Waals surface area contributed by atoms with Crippen molar-refractivity contribution in [3.63, 3.8) is 0 Å². The summed E-state index contributed by atoms with van der Waals surface area (Å²) >= 11 is 0. The number of phenols is 3. The average molecular weight is 259 g/mol. The lowest BCUT2D eigenvalue weighted by Crippen LogP contribution is -2.12. The van der Waals surface area contributed by atoms with Crippen molar-refractivity contribution in [1.82, 2.24) is 0 Å². The molecule has 0 bridgehead atoms. The van der Waals surface area contributed by atoms with Crippen LogP contribution in [-0.2, 0) is 0 Å². The van der Waals surface area contributed by atoms with Crippen LogP contribution < -0.4 is 5.32 Å². The molecule has 2 rings (SSSR count). The lowest BCUT2D eigenvalue weighted by atomic mass is 10.1. The molecule has 0 aliphatic carbocycles. The van der Waals surface area contributed by atoms with Crippen LogP contribution in [0.3, 0.4) is 0 Å². The smallest absolute Gasteiger partial charge is 0.259 e. The fraction of sp³-hybridized carbons (Fsp3) is 0.0714. The summed E-state index contributed by atoms with van der Waals surface area (Å²) in [6.45, 7) is 1.66. The first kappa shape index (κ1) is 12.8. The molecule has 0 radical (unpaired) electrons. The minimum Gasteiger partial charge on any atom is -0.508 e. The van der Waals surface area contributed by atoms with Gasteiger partial charge >= 0.3 is 0 Å². The van der Waals surface area contributed by atoms with Crippen molar-refractivity contribution >= 4 is 11.6 Å². The molecule has 2 aromatic carbocycles. The molecular weight excluding hydrogens is 246 g/mol. The van der Waals surface area contributed by atoms with Gasteiger partial charge in [-0.25, -0.2) is 0 Å². The molecular formula is C14H13NO4. The molecule has 5 nitrogen and oxygen atoms in total. The molecule has 0 unspecified atom stereocenters. The predicted molar refractivity (Wildman–Crippen MR) is 70.6 cm³/mol. The van der Waals surface area contributed by atoms with Gasteiger partial charge in [-0.15, -0.1) is 0 Å². The number of anilines is 1. The van der Waals surface area contributed by atoms with Gasteiger partial charge in [-0.2, -0.15) is 0 Å². The van der Waals surface area contributed by atoms with Crippen LogP contribution in [0, 0.1) is 6.92 Å². The Labute approximate surface area is 109 Å². The van der Waals surface area contributed by atoms with Gasteiger partial charge in [-0.05, 0) is 31.2 Å². The van der Waals surface area contributed by atoms with Gasteiger partial charge in [-0.1, -0.05) is 12.1 Å². The van der Waals surface area contributed by atoms with Gasteiger partial charge in [0, 0.05) is 11.3 Å². The molecule has 0 aliphatic rings. The summed E-state index contributed by atoms with van der Waals surface area (Å²) in [7, 11) is 0. The van der Waals surface area contributed by atoms with Crippen LogP contribution in [0.15, 0.2) is 36.4 Å². The van der Waals surface area contributed by atoms with Crippen molar-refractivity contribution in [3.05, 3.63) is 47.5 Å². The topological polar surface area (TPSA) is 89.8 Å². The van der Waals surface area contributed by atoms with E-state index in [2.05, 4.69) is 5.32 Å². The Bertz CT molecular complexity index is 637. The second-order valence-electron chi connectivity index (χ2n) is 4.08. The van der Waals surface area contributed by atoms with Crippen LogP contribution in [0.25, 0.3) is 0 Å². The lowest BCUT2D eigenvalue weighted by Gasteiger charge is -2.10. The number of carbonyl (C=O) groups is 1. The summed E-state index contributed by atoms with van der Waals surface area (Å²) in [5, 5.41) is 31.1. The maximum absolute atomic E-state index is 12.0. The minimum atomic E-state index is -0.567. The molecule has 19 heavy (non-hydrogen) atoms. The molecule has 0 aromatic heterocycles. The van der Waals surface area contributed by atoms with Crippen LogP contribution in [-0.4, -0.2) is 21.2 Å². The first-order chi connectivity index (χ1) is 9.00. The average Bonchev–Trinajstić information content (AvgIpc) is 2.38. The quantitative estimate of drug-likeness (QED) is 0.623. The zero-order chi connectivity index (χ0) is 14.0. The number of phenolic OH excluding ortho intramolecular Hbond substituents is 3. The van der Waals surface area contributed by atoms with E-state index in [1.165, 1.54) is 24.3 Å². The van der Waals surface area contributed by atoms with Crippen molar-refractivity contribution in [1.29, 1.82) is 0 Å². The molecule has 0 atom stereocenters. The zero-order valence-corrected chi connectivity index (χ0v) is 10.2. The second kappa shape index (κ2) is 4.89. The molecule has 4 N–H and O–H groups in total. The third-order valence-corrected chi connectivity index (χ3v) is 2.81. The van der Waals surface area contributed by atoms with Crippen molar-refractivity contribution < 1.29 is 20.1 Å². The van der Waals surface area contributed by atoms with E-state index in [0.717, 1.165) is 0 Å². The lowest BCUT2D eigenvalue weighted by molar-refractivity contribution is 0.102. The standard InChI is InChI=1S/C14H13NO4/c1-8-10(5-3-6-11(8)16)15-14(19)9-4-2-7-12(17)13(9)18/h2-7,16-18H,1H3,(H,15,19). The highest BCUT2D eigenvalue weighted by Crippen LogP contribution is 2.30. The number of carbonyl (C=O) groups excluding carboxylic acids is 1. The van der Waals surface area contributed by atoms with Crippen LogP contribution in [0.4, 0.5) is 5.69 Å². The largest absolute Gasteiger partial charge is 0.508 e. The van der Waals surface area contributed by atoms with Gasteiger partial charge in [0.15, 0.2) is 11.5 Å². The summed E-state index contributed by atoms with van der Waals surface area (Å²) in [4.78, 5) is 12.0. The second-order valence-corrected chi connectivity index (χ2v) is 4.08. The summed E-state index contributed by atoms with van der Waals surface area (Å²) < 4.78 is 0. The maximum Gasteiger partial charge on any atom is 0.259 e. The number of hydrogen-bond acceptors (Lipinski definition) is 4. The Balaban J connectivity index is 2.31. The van der Waals surface area contributed by atoms with Gasteiger partial charge < -0.3 is 20.6 Å². The SMILES string of the molecule is Cc1c(O)cccc1NC(=O)c1cccc(O)c1O. The highest BCUT2D eigenvalue weighted by molar-refractivity contribution is 6.07. The number of hydrogen-bond donors (Lipinski definition) is 4. The third-order valence-electron chi connectivity index (χ3n) is 2.81. The third kappa shape index (κ3) is 2.44. The van der Waals surface area contributed by atoms with Gasteiger partial charge in [0.1, 0.15) is 5.75 Å². The van der Waals surface area contributed by atoms with E-state index in [-0.39, 0.29) is 17.1 Å². The van der Waals surface area contributed by atoms with E-state index in [9.17, 15) is 20.1 Å². The molecule has 0 spiro atoms. The molecule has 0 saturated carbocycles. The molecule has 1 amide bonds. The number of para-hydroxylation sites is 1. The fourth-order valence-electron chi connectivity index (χ4n) is 1.66. The van der Waals surface area contributed by atoms with Crippen molar-refractivity contribution in [2.45, 2.75) is 6.92 Å². The molecule has 2 aromatic rings. The molecule has 0 fully saturated rings. The number of nitrogens with one attached hydrogen (secondary N) is 1. The Morgan fingerprint density at radius 1 is 1.00 bits per heavy atom. The molecule has 98 valence electrons. The molecule has 0 heterocycles.